The van der Waals surface area contributed by atoms with Crippen molar-refractivity contribution in [1.29, 1.82) is 0 Å². The third-order valence-electron chi connectivity index (χ3n) is 4.25. The number of thiophene rings is 1. The second-order valence-corrected chi connectivity index (χ2v) is 7.46. The molecule has 1 atom stereocenters. The zero-order chi connectivity index (χ0) is 12.5. The molecule has 0 spiro atoms. The van der Waals surface area contributed by atoms with Crippen LogP contribution in [-0.2, 0) is 6.54 Å². The average Bonchev–Trinajstić information content (AvgIpc) is 2.56. The van der Waals surface area contributed by atoms with Crippen LogP contribution in [-0.4, -0.2) is 6.04 Å². The van der Waals surface area contributed by atoms with Gasteiger partial charge in [-0.15, -0.1) is 11.3 Å². The van der Waals surface area contributed by atoms with Crippen molar-refractivity contribution in [2.45, 2.75) is 66.0 Å². The van der Waals surface area contributed by atoms with E-state index in [-0.39, 0.29) is 0 Å². The van der Waals surface area contributed by atoms with E-state index in [1.807, 2.05) is 11.3 Å². The van der Waals surface area contributed by atoms with Crippen LogP contribution in [0.1, 0.15) is 54.8 Å². The molecule has 0 bridgehead atoms. The van der Waals surface area contributed by atoms with Crippen LogP contribution in [0.5, 0.6) is 0 Å². The molecule has 1 N–H and O–H groups in total. The first kappa shape index (κ1) is 13.1. The normalized spacial score (nSPS) is 23.9. The monoisotopic (exact) mass is 251 g/mol. The molecular formula is C15H25NS. The summed E-state index contributed by atoms with van der Waals surface area (Å²) in [5, 5.41) is 3.78. The molecule has 1 nitrogen and oxygen atoms in total. The van der Waals surface area contributed by atoms with Gasteiger partial charge in [0.2, 0.25) is 0 Å². The fourth-order valence-electron chi connectivity index (χ4n) is 2.83. The van der Waals surface area contributed by atoms with Gasteiger partial charge in [0.1, 0.15) is 0 Å². The summed E-state index contributed by atoms with van der Waals surface area (Å²) in [4.78, 5) is 2.95. The first-order valence-electron chi connectivity index (χ1n) is 6.78. The summed E-state index contributed by atoms with van der Waals surface area (Å²) < 4.78 is 0. The molecule has 0 amide bonds. The quantitative estimate of drug-likeness (QED) is 0.838. The van der Waals surface area contributed by atoms with Crippen LogP contribution in [0.25, 0.3) is 0 Å². The second-order valence-electron chi connectivity index (χ2n) is 6.12. The highest BCUT2D eigenvalue weighted by atomic mass is 32.1. The summed E-state index contributed by atoms with van der Waals surface area (Å²) in [5.41, 5.74) is 1.91. The third-order valence-corrected chi connectivity index (χ3v) is 5.40. The van der Waals surface area contributed by atoms with Gasteiger partial charge in [0.25, 0.3) is 0 Å². The summed E-state index contributed by atoms with van der Waals surface area (Å²) >= 11 is 1.94. The van der Waals surface area contributed by atoms with Crippen LogP contribution in [0.3, 0.4) is 0 Å². The van der Waals surface area contributed by atoms with Crippen molar-refractivity contribution in [3.05, 3.63) is 21.4 Å². The van der Waals surface area contributed by atoms with Gasteiger partial charge >= 0.3 is 0 Å². The molecule has 17 heavy (non-hydrogen) atoms. The lowest BCUT2D eigenvalue weighted by molar-refractivity contribution is 0.167. The zero-order valence-electron chi connectivity index (χ0n) is 11.6. The molecule has 1 aromatic heterocycles. The highest BCUT2D eigenvalue weighted by Crippen LogP contribution is 2.35. The van der Waals surface area contributed by atoms with Gasteiger partial charge in [-0.1, -0.05) is 26.7 Å². The van der Waals surface area contributed by atoms with Gasteiger partial charge in [-0.05, 0) is 43.7 Å². The maximum Gasteiger partial charge on any atom is 0.0302 e. The molecule has 1 heterocycles. The maximum atomic E-state index is 3.78. The van der Waals surface area contributed by atoms with Gasteiger partial charge in [0.05, 0.1) is 0 Å². The van der Waals surface area contributed by atoms with Crippen molar-refractivity contribution >= 4 is 11.3 Å². The Morgan fingerprint density at radius 1 is 1.35 bits per heavy atom. The summed E-state index contributed by atoms with van der Waals surface area (Å²) in [5.74, 6) is 0. The molecule has 96 valence electrons. The smallest absolute Gasteiger partial charge is 0.0302 e. The molecule has 2 rings (SSSR count). The van der Waals surface area contributed by atoms with Crippen LogP contribution in [0.2, 0.25) is 0 Å². The summed E-state index contributed by atoms with van der Waals surface area (Å²) in [6, 6.07) is 3.03. The van der Waals surface area contributed by atoms with E-state index in [1.54, 1.807) is 0 Å². The van der Waals surface area contributed by atoms with Crippen LogP contribution in [0.4, 0.5) is 0 Å². The molecule has 1 fully saturated rings. The molecule has 1 saturated carbocycles. The Labute approximate surface area is 110 Å². The number of nitrogens with one attached hydrogen (secondary N) is 1. The SMILES string of the molecule is Cc1cc(CNC2CCCCC2(C)C)sc1C. The number of hydrogen-bond acceptors (Lipinski definition) is 2. The molecule has 0 aliphatic heterocycles. The van der Waals surface area contributed by atoms with E-state index in [2.05, 4.69) is 39.1 Å². The fourth-order valence-corrected chi connectivity index (χ4v) is 3.84. The van der Waals surface area contributed by atoms with Gasteiger partial charge in [0.15, 0.2) is 0 Å². The lowest BCUT2D eigenvalue weighted by Gasteiger charge is -2.39. The average molecular weight is 251 g/mol. The van der Waals surface area contributed by atoms with Gasteiger partial charge in [0, 0.05) is 22.3 Å². The Morgan fingerprint density at radius 2 is 2.12 bits per heavy atom. The Morgan fingerprint density at radius 3 is 2.71 bits per heavy atom. The highest BCUT2D eigenvalue weighted by molar-refractivity contribution is 7.12. The molecule has 0 saturated heterocycles. The molecule has 1 aromatic rings. The van der Waals surface area contributed by atoms with Gasteiger partial charge in [-0.3, -0.25) is 0 Å². The van der Waals surface area contributed by atoms with E-state index in [4.69, 9.17) is 0 Å². The first-order valence-corrected chi connectivity index (χ1v) is 7.60. The Kier molecular flexibility index (Phi) is 3.94. The summed E-state index contributed by atoms with van der Waals surface area (Å²) in [6.45, 7) is 10.3. The minimum atomic E-state index is 0.472. The minimum absolute atomic E-state index is 0.472. The van der Waals surface area contributed by atoms with E-state index >= 15 is 0 Å². The first-order chi connectivity index (χ1) is 7.99. The van der Waals surface area contributed by atoms with Crippen LogP contribution in [0.15, 0.2) is 6.07 Å². The van der Waals surface area contributed by atoms with Crippen molar-refractivity contribution in [2.75, 3.05) is 0 Å². The highest BCUT2D eigenvalue weighted by Gasteiger charge is 2.31. The van der Waals surface area contributed by atoms with Crippen molar-refractivity contribution in [3.8, 4) is 0 Å². The van der Waals surface area contributed by atoms with Crippen molar-refractivity contribution in [2.24, 2.45) is 5.41 Å². The van der Waals surface area contributed by atoms with Crippen molar-refractivity contribution in [1.82, 2.24) is 5.32 Å². The van der Waals surface area contributed by atoms with E-state index in [0.29, 0.717) is 11.5 Å². The molecule has 1 unspecified atom stereocenters. The lowest BCUT2D eigenvalue weighted by atomic mass is 9.73. The number of hydrogen-bond donors (Lipinski definition) is 1. The third kappa shape index (κ3) is 3.11. The van der Waals surface area contributed by atoms with Crippen LogP contribution < -0.4 is 5.32 Å². The van der Waals surface area contributed by atoms with Crippen molar-refractivity contribution in [3.63, 3.8) is 0 Å². The Balaban J connectivity index is 1.93. The van der Waals surface area contributed by atoms with Crippen molar-refractivity contribution < 1.29 is 0 Å². The van der Waals surface area contributed by atoms with E-state index in [9.17, 15) is 0 Å². The fraction of sp³-hybridized carbons (Fsp3) is 0.733. The molecule has 2 heteroatoms. The molecule has 0 radical (unpaired) electrons. The maximum absolute atomic E-state index is 3.78. The van der Waals surface area contributed by atoms with Gasteiger partial charge in [-0.25, -0.2) is 0 Å². The molecule has 1 aliphatic rings. The summed E-state index contributed by atoms with van der Waals surface area (Å²) in [7, 11) is 0. The predicted octanol–water partition coefficient (Wildman–Crippen LogP) is 4.42. The molecule has 0 aromatic carbocycles. The van der Waals surface area contributed by atoms with E-state index in [0.717, 1.165) is 6.54 Å². The minimum Gasteiger partial charge on any atom is -0.309 e. The number of aryl methyl sites for hydroxylation is 2. The summed E-state index contributed by atoms with van der Waals surface area (Å²) in [6.07, 6.45) is 5.51. The Bertz CT molecular complexity index is 359. The van der Waals surface area contributed by atoms with Gasteiger partial charge in [-0.2, -0.15) is 0 Å². The topological polar surface area (TPSA) is 12.0 Å². The van der Waals surface area contributed by atoms with Gasteiger partial charge < -0.3 is 5.32 Å². The molecule has 1 aliphatic carbocycles. The largest absolute Gasteiger partial charge is 0.309 e. The Hall–Kier alpha value is -0.340. The van der Waals surface area contributed by atoms with E-state index in [1.165, 1.54) is 41.0 Å². The second kappa shape index (κ2) is 5.11. The van der Waals surface area contributed by atoms with E-state index < -0.39 is 0 Å². The predicted molar refractivity (Wildman–Crippen MR) is 76.7 cm³/mol. The lowest BCUT2D eigenvalue weighted by Crippen LogP contribution is -2.43. The van der Waals surface area contributed by atoms with Crippen LogP contribution in [0, 0.1) is 19.3 Å². The zero-order valence-corrected chi connectivity index (χ0v) is 12.4. The van der Waals surface area contributed by atoms with Crippen LogP contribution >= 0.6 is 11.3 Å². The molecular weight excluding hydrogens is 226 g/mol. The standard InChI is InChI=1S/C15H25NS/c1-11-9-13(17-12(11)2)10-16-14-7-5-6-8-15(14,3)4/h9,14,16H,5-8,10H2,1-4H3. The number of rotatable bonds is 3.